The van der Waals surface area contributed by atoms with Crippen LogP contribution < -0.4 is 15.1 Å². The van der Waals surface area contributed by atoms with E-state index >= 15 is 0 Å². The van der Waals surface area contributed by atoms with Crippen LogP contribution in [0, 0.1) is 12.8 Å². The van der Waals surface area contributed by atoms with Crippen LogP contribution in [0.15, 0.2) is 84.9 Å². The molecule has 0 bridgehead atoms. The first kappa shape index (κ1) is 29.0. The summed E-state index contributed by atoms with van der Waals surface area (Å²) in [6, 6.07) is 25.5. The largest absolute Gasteiger partial charge is 0.389 e. The minimum atomic E-state index is -0.975. The molecule has 0 aromatic heterocycles. The van der Waals surface area contributed by atoms with Crippen molar-refractivity contribution in [1.29, 1.82) is 0 Å². The maximum Gasteiger partial charge on any atom is 0.258 e. The van der Waals surface area contributed by atoms with Crippen LogP contribution in [0.1, 0.15) is 60.3 Å². The van der Waals surface area contributed by atoms with Crippen molar-refractivity contribution in [3.63, 3.8) is 0 Å². The fourth-order valence-electron chi connectivity index (χ4n) is 5.56. The van der Waals surface area contributed by atoms with E-state index in [1.807, 2.05) is 63.2 Å². The van der Waals surface area contributed by atoms with Gasteiger partial charge in [-0.05, 0) is 65.9 Å². The van der Waals surface area contributed by atoms with Crippen LogP contribution in [-0.4, -0.2) is 35.4 Å². The topological polar surface area (TPSA) is 89.9 Å². The number of carbonyl (C=O) groups excluding carboxylic acids is 3. The van der Waals surface area contributed by atoms with Gasteiger partial charge in [-0.15, -0.1) is 0 Å². The van der Waals surface area contributed by atoms with Crippen LogP contribution >= 0.6 is 0 Å². The fourth-order valence-corrected chi connectivity index (χ4v) is 5.56. The average Bonchev–Trinajstić information content (AvgIpc) is 3.12. The highest BCUT2D eigenvalue weighted by molar-refractivity contribution is 6.13. The van der Waals surface area contributed by atoms with Gasteiger partial charge in [0.2, 0.25) is 5.91 Å². The summed E-state index contributed by atoms with van der Waals surface area (Å²) in [4.78, 5) is 45.0. The summed E-state index contributed by atoms with van der Waals surface area (Å²) in [5.74, 6) is -1.17. The molecule has 0 unspecified atom stereocenters. The number of aryl methyl sites for hydroxylation is 1. The molecule has 7 heteroatoms. The molecule has 216 valence electrons. The first-order valence-corrected chi connectivity index (χ1v) is 14.5. The number of anilines is 2. The number of amides is 3. The summed E-state index contributed by atoms with van der Waals surface area (Å²) in [7, 11) is 0. The van der Waals surface area contributed by atoms with E-state index in [2.05, 4.69) is 23.5 Å². The van der Waals surface area contributed by atoms with E-state index in [4.69, 9.17) is 0 Å². The highest BCUT2D eigenvalue weighted by atomic mass is 16.3. The molecule has 4 aromatic rings. The lowest BCUT2D eigenvalue weighted by Crippen LogP contribution is -2.53. The zero-order valence-electron chi connectivity index (χ0n) is 24.5. The predicted octanol–water partition coefficient (Wildman–Crippen LogP) is 5.93. The number of fused-ring (bicyclic) bond motifs is 2. The number of hydrogen-bond donors (Lipinski definition) is 2. The van der Waals surface area contributed by atoms with Gasteiger partial charge in [0.15, 0.2) is 0 Å². The number of aliphatic hydroxyl groups excluding tert-OH is 1. The highest BCUT2D eigenvalue weighted by Gasteiger charge is 2.38. The van der Waals surface area contributed by atoms with E-state index in [1.165, 1.54) is 0 Å². The molecule has 0 saturated carbocycles. The third-order valence-corrected chi connectivity index (χ3v) is 8.25. The predicted molar refractivity (Wildman–Crippen MR) is 166 cm³/mol. The van der Waals surface area contributed by atoms with Crippen molar-refractivity contribution in [2.45, 2.75) is 52.8 Å². The van der Waals surface area contributed by atoms with E-state index in [0.29, 0.717) is 28.9 Å². The van der Waals surface area contributed by atoms with Crippen LogP contribution in [0.2, 0.25) is 0 Å². The molecule has 7 nitrogen and oxygen atoms in total. The van der Waals surface area contributed by atoms with Crippen molar-refractivity contribution in [2.75, 3.05) is 16.3 Å². The Bertz CT molecular complexity index is 1650. The molecule has 1 aliphatic rings. The van der Waals surface area contributed by atoms with Gasteiger partial charge < -0.3 is 20.2 Å². The molecular weight excluding hydrogens is 526 g/mol. The Hall–Kier alpha value is -4.49. The van der Waals surface area contributed by atoms with Crippen molar-refractivity contribution in [2.24, 2.45) is 5.92 Å². The Morgan fingerprint density at radius 2 is 1.60 bits per heavy atom. The van der Waals surface area contributed by atoms with E-state index in [9.17, 15) is 19.5 Å². The van der Waals surface area contributed by atoms with Crippen molar-refractivity contribution in [1.82, 2.24) is 5.32 Å². The third kappa shape index (κ3) is 5.52. The molecule has 0 fully saturated rings. The summed E-state index contributed by atoms with van der Waals surface area (Å²) in [6.07, 6.45) is -0.239. The zero-order valence-corrected chi connectivity index (χ0v) is 24.5. The van der Waals surface area contributed by atoms with Crippen LogP contribution in [0.4, 0.5) is 11.4 Å². The number of aliphatic hydroxyl groups is 1. The van der Waals surface area contributed by atoms with E-state index in [1.54, 1.807) is 41.0 Å². The minimum Gasteiger partial charge on any atom is -0.389 e. The monoisotopic (exact) mass is 563 g/mol. The van der Waals surface area contributed by atoms with Crippen LogP contribution in [0.3, 0.4) is 0 Å². The molecular formula is C35H37N3O4. The van der Waals surface area contributed by atoms with Gasteiger partial charge in [0.25, 0.3) is 11.8 Å². The van der Waals surface area contributed by atoms with Crippen molar-refractivity contribution in [3.8, 4) is 0 Å². The third-order valence-electron chi connectivity index (χ3n) is 8.25. The van der Waals surface area contributed by atoms with Gasteiger partial charge in [0.1, 0.15) is 6.04 Å². The van der Waals surface area contributed by atoms with Gasteiger partial charge in [-0.25, -0.2) is 0 Å². The Labute approximate surface area is 246 Å². The molecule has 1 aliphatic heterocycles. The molecule has 0 spiro atoms. The summed E-state index contributed by atoms with van der Waals surface area (Å²) >= 11 is 0. The number of benzene rings is 4. The van der Waals surface area contributed by atoms with Gasteiger partial charge >= 0.3 is 0 Å². The lowest BCUT2D eigenvalue weighted by molar-refractivity contribution is -0.129. The van der Waals surface area contributed by atoms with Crippen LogP contribution in [-0.2, 0) is 16.1 Å². The van der Waals surface area contributed by atoms with Gasteiger partial charge in [-0.2, -0.15) is 0 Å². The second-order valence-electron chi connectivity index (χ2n) is 11.0. The Morgan fingerprint density at radius 1 is 0.929 bits per heavy atom. The average molecular weight is 564 g/mol. The SMILES string of the molecule is CC[C@@H](C)C(=O)N[C@H]1CN(C(=O)c2ccccc2[C@@H](C)O)c2ccccc2N(Cc2c(C)ccc3ccccc23)C1=O. The van der Waals surface area contributed by atoms with Crippen molar-refractivity contribution < 1.29 is 19.5 Å². The van der Waals surface area contributed by atoms with Gasteiger partial charge in [-0.3, -0.25) is 14.4 Å². The lowest BCUT2D eigenvalue weighted by Gasteiger charge is -2.27. The van der Waals surface area contributed by atoms with Gasteiger partial charge in [-0.1, -0.05) is 80.6 Å². The second-order valence-corrected chi connectivity index (χ2v) is 11.0. The second kappa shape index (κ2) is 12.2. The minimum absolute atomic E-state index is 0.0456. The molecule has 0 aliphatic carbocycles. The number of rotatable bonds is 7. The Balaban J connectivity index is 1.66. The van der Waals surface area contributed by atoms with E-state index in [0.717, 1.165) is 21.9 Å². The molecule has 4 aromatic carbocycles. The standard InChI is InChI=1S/C35H37N3O4/c1-5-22(2)33(40)36-30-21-38(34(41)28-15-9-8-13-26(28)24(4)39)32-17-11-10-16-31(32)37(35(30)42)20-29-23(3)18-19-25-12-6-7-14-27(25)29/h6-19,22,24,30,39H,5,20-21H2,1-4H3,(H,36,40)/t22-,24-,30+/m1/s1. The molecule has 3 atom stereocenters. The number of para-hydroxylation sites is 2. The smallest absolute Gasteiger partial charge is 0.258 e. The van der Waals surface area contributed by atoms with Crippen LogP contribution in [0.5, 0.6) is 0 Å². The number of hydrogen-bond acceptors (Lipinski definition) is 4. The van der Waals surface area contributed by atoms with Crippen molar-refractivity contribution >= 4 is 39.9 Å². The molecule has 3 amide bonds. The van der Waals surface area contributed by atoms with Crippen LogP contribution in [0.25, 0.3) is 10.8 Å². The quantitative estimate of drug-likeness (QED) is 0.292. The maximum atomic E-state index is 14.4. The fraction of sp³-hybridized carbons (Fsp3) is 0.286. The molecule has 42 heavy (non-hydrogen) atoms. The normalized spacial score (nSPS) is 16.5. The first-order valence-electron chi connectivity index (χ1n) is 14.5. The molecule has 1 heterocycles. The summed E-state index contributed by atoms with van der Waals surface area (Å²) in [5.41, 5.74) is 4.04. The Morgan fingerprint density at radius 3 is 2.33 bits per heavy atom. The maximum absolute atomic E-state index is 14.4. The van der Waals surface area contributed by atoms with Crippen molar-refractivity contribution in [3.05, 3.63) is 107 Å². The zero-order chi connectivity index (χ0) is 30.0. The molecule has 2 N–H and O–H groups in total. The molecule has 0 radical (unpaired) electrons. The summed E-state index contributed by atoms with van der Waals surface area (Å²) < 4.78 is 0. The van der Waals surface area contributed by atoms with Gasteiger partial charge in [0, 0.05) is 11.5 Å². The molecule has 0 saturated heterocycles. The summed E-state index contributed by atoms with van der Waals surface area (Å²) in [5, 5.41) is 15.5. The number of carbonyl (C=O) groups is 3. The summed E-state index contributed by atoms with van der Waals surface area (Å²) in [6.45, 7) is 7.62. The number of nitrogens with zero attached hydrogens (tertiary/aromatic N) is 2. The first-order chi connectivity index (χ1) is 20.2. The molecule has 5 rings (SSSR count). The highest BCUT2D eigenvalue weighted by Crippen LogP contribution is 2.37. The van der Waals surface area contributed by atoms with E-state index in [-0.39, 0.29) is 36.7 Å². The number of nitrogens with one attached hydrogen (secondary N) is 1. The Kier molecular flexibility index (Phi) is 8.41. The van der Waals surface area contributed by atoms with E-state index < -0.39 is 12.1 Å². The van der Waals surface area contributed by atoms with Gasteiger partial charge in [0.05, 0.1) is 30.6 Å². The lowest BCUT2D eigenvalue weighted by atomic mass is 9.99.